The first kappa shape index (κ1) is 36.0. The van der Waals surface area contributed by atoms with Gasteiger partial charge in [0.15, 0.2) is 0 Å². The molecule has 2 rings (SSSR count). The lowest BCUT2D eigenvalue weighted by molar-refractivity contribution is -0.0146. The minimum absolute atomic E-state index is 0.0892. The molecule has 1 saturated heterocycles. The van der Waals surface area contributed by atoms with Gasteiger partial charge in [0.05, 0.1) is 19.8 Å². The molecule has 1 aromatic heterocycles. The van der Waals surface area contributed by atoms with Crippen LogP contribution in [0.15, 0.2) is 17.1 Å². The highest BCUT2D eigenvalue weighted by Gasteiger charge is 2.33. The maximum Gasteiger partial charge on any atom is 0.356 e. The van der Waals surface area contributed by atoms with Gasteiger partial charge in [0.2, 0.25) is 0 Å². The highest BCUT2D eigenvalue weighted by Crippen LogP contribution is 2.51. The van der Waals surface area contributed by atoms with Crippen molar-refractivity contribution in [3.63, 3.8) is 0 Å². The first-order valence-corrected chi connectivity index (χ1v) is 18.6. The number of hydrogen-bond acceptors (Lipinski definition) is 7. The summed E-state index contributed by atoms with van der Waals surface area (Å²) in [5.74, 6) is 0.181. The van der Waals surface area contributed by atoms with Crippen LogP contribution in [0.4, 0.5) is 5.82 Å². The molecule has 0 aromatic carbocycles. The van der Waals surface area contributed by atoms with E-state index in [1.807, 2.05) is 0 Å². The van der Waals surface area contributed by atoms with Gasteiger partial charge in [-0.3, -0.25) is 9.13 Å². The zero-order valence-corrected chi connectivity index (χ0v) is 27.0. The fraction of sp³-hybridized carbons (Fsp3) is 0.875. The van der Waals surface area contributed by atoms with E-state index in [9.17, 15) is 9.36 Å². The molecule has 8 nitrogen and oxygen atoms in total. The first-order valence-electron chi connectivity index (χ1n) is 16.8. The van der Waals surface area contributed by atoms with E-state index >= 15 is 0 Å². The van der Waals surface area contributed by atoms with Crippen LogP contribution in [0.2, 0.25) is 0 Å². The molecular weight excluding hydrogens is 537 g/mol. The van der Waals surface area contributed by atoms with E-state index in [4.69, 9.17) is 19.5 Å². The highest BCUT2D eigenvalue weighted by atomic mass is 31.2. The smallest absolute Gasteiger partial charge is 0.356 e. The van der Waals surface area contributed by atoms with Gasteiger partial charge >= 0.3 is 13.3 Å². The summed E-state index contributed by atoms with van der Waals surface area (Å²) >= 11 is 0. The number of anilines is 1. The molecule has 1 unspecified atom stereocenters. The van der Waals surface area contributed by atoms with Crippen LogP contribution < -0.4 is 11.4 Å². The molecule has 0 saturated carbocycles. The molecule has 0 bridgehead atoms. The number of hydrogen-bond donors (Lipinski definition) is 1. The quantitative estimate of drug-likeness (QED) is 0.0839. The lowest BCUT2D eigenvalue weighted by Gasteiger charge is -2.29. The van der Waals surface area contributed by atoms with Gasteiger partial charge in [0.25, 0.3) is 0 Å². The molecule has 9 heteroatoms. The van der Waals surface area contributed by atoms with E-state index in [0.29, 0.717) is 6.61 Å². The fourth-order valence-corrected chi connectivity index (χ4v) is 6.79. The first-order chi connectivity index (χ1) is 20.0. The Morgan fingerprint density at radius 2 is 1.29 bits per heavy atom. The summed E-state index contributed by atoms with van der Waals surface area (Å²) in [5.41, 5.74) is 5.07. The van der Waals surface area contributed by atoms with Crippen molar-refractivity contribution in [2.45, 2.75) is 161 Å². The zero-order chi connectivity index (χ0) is 29.4. The topological polar surface area (TPSA) is 106 Å². The molecular formula is C32H60N3O5P. The van der Waals surface area contributed by atoms with Gasteiger partial charge < -0.3 is 19.5 Å². The number of rotatable bonds is 26. The summed E-state index contributed by atoms with van der Waals surface area (Å²) in [6.07, 6.45) is 30.9. The highest BCUT2D eigenvalue weighted by molar-refractivity contribution is 7.53. The van der Waals surface area contributed by atoms with E-state index in [0.717, 1.165) is 12.8 Å². The van der Waals surface area contributed by atoms with Crippen LogP contribution in [0, 0.1) is 0 Å². The fourth-order valence-electron chi connectivity index (χ4n) is 5.37. The second kappa shape index (κ2) is 23.3. The van der Waals surface area contributed by atoms with Crippen molar-refractivity contribution < 1.29 is 18.3 Å². The van der Waals surface area contributed by atoms with Gasteiger partial charge in [-0.1, -0.05) is 142 Å². The van der Waals surface area contributed by atoms with Gasteiger partial charge in [-0.15, -0.1) is 0 Å². The van der Waals surface area contributed by atoms with Crippen molar-refractivity contribution in [1.82, 2.24) is 9.55 Å². The molecule has 2 heterocycles. The van der Waals surface area contributed by atoms with Crippen LogP contribution in [0.25, 0.3) is 0 Å². The Hall–Kier alpha value is -1.21. The normalized spacial score (nSPS) is 19.1. The maximum atomic E-state index is 12.7. The molecule has 1 aliphatic heterocycles. The Morgan fingerprint density at radius 1 is 0.829 bits per heavy atom. The van der Waals surface area contributed by atoms with Gasteiger partial charge in [0, 0.05) is 6.20 Å². The molecule has 1 aromatic rings. The van der Waals surface area contributed by atoms with E-state index in [-0.39, 0.29) is 31.4 Å². The molecule has 0 aliphatic carbocycles. The van der Waals surface area contributed by atoms with E-state index in [2.05, 4.69) is 11.9 Å². The van der Waals surface area contributed by atoms with Crippen LogP contribution in [0.5, 0.6) is 0 Å². The largest absolute Gasteiger partial charge is 0.383 e. The molecule has 1 fully saturated rings. The number of aromatic nitrogens is 2. The van der Waals surface area contributed by atoms with Gasteiger partial charge in [-0.05, 0) is 12.5 Å². The van der Waals surface area contributed by atoms with Crippen molar-refractivity contribution in [2.75, 3.05) is 25.3 Å². The SMILES string of the molecule is CCCCCCCCCCCCCCCCCCCCCCCCOP1(=O)CO[C@@H](Cn2ccc(N)nc2=O)CO1. The summed E-state index contributed by atoms with van der Waals surface area (Å²) in [5, 5.41) is 0. The Morgan fingerprint density at radius 3 is 1.71 bits per heavy atom. The molecule has 2 N–H and O–H groups in total. The number of unbranched alkanes of at least 4 members (excludes halogenated alkanes) is 21. The Labute approximate surface area is 250 Å². The third-order valence-electron chi connectivity index (χ3n) is 8.01. The predicted octanol–water partition coefficient (Wildman–Crippen LogP) is 9.01. The van der Waals surface area contributed by atoms with Gasteiger partial charge in [-0.2, -0.15) is 4.98 Å². The third-order valence-corrected chi connectivity index (χ3v) is 9.59. The van der Waals surface area contributed by atoms with Crippen molar-refractivity contribution in [3.8, 4) is 0 Å². The van der Waals surface area contributed by atoms with Crippen molar-refractivity contribution in [3.05, 3.63) is 22.7 Å². The zero-order valence-electron chi connectivity index (χ0n) is 26.1. The number of nitrogens with zero attached hydrogens (tertiary/aromatic N) is 2. The molecule has 0 spiro atoms. The lowest BCUT2D eigenvalue weighted by atomic mass is 10.0. The average molecular weight is 598 g/mol. The van der Waals surface area contributed by atoms with Gasteiger partial charge in [0.1, 0.15) is 18.3 Å². The predicted molar refractivity (Wildman–Crippen MR) is 169 cm³/mol. The van der Waals surface area contributed by atoms with E-state index < -0.39 is 13.3 Å². The number of nitrogens with two attached hydrogens (primary N) is 1. The summed E-state index contributed by atoms with van der Waals surface area (Å²) in [6, 6.07) is 1.56. The summed E-state index contributed by atoms with van der Waals surface area (Å²) < 4.78 is 30.8. The molecule has 0 amide bonds. The number of nitrogen functional groups attached to an aromatic ring is 1. The molecule has 41 heavy (non-hydrogen) atoms. The molecule has 2 atom stereocenters. The van der Waals surface area contributed by atoms with Crippen LogP contribution in [0.3, 0.4) is 0 Å². The van der Waals surface area contributed by atoms with Crippen LogP contribution in [-0.2, 0) is 24.9 Å². The van der Waals surface area contributed by atoms with Crippen LogP contribution in [-0.4, -0.2) is 35.2 Å². The summed E-state index contributed by atoms with van der Waals surface area (Å²) in [4.78, 5) is 15.6. The Balaban J connectivity index is 1.29. The summed E-state index contributed by atoms with van der Waals surface area (Å²) in [6.45, 7) is 3.10. The van der Waals surface area contributed by atoms with Crippen molar-refractivity contribution in [1.29, 1.82) is 0 Å². The van der Waals surface area contributed by atoms with Crippen molar-refractivity contribution >= 4 is 13.4 Å². The van der Waals surface area contributed by atoms with Crippen molar-refractivity contribution in [2.24, 2.45) is 0 Å². The summed E-state index contributed by atoms with van der Waals surface area (Å²) in [7, 11) is -3.22. The minimum atomic E-state index is -3.22. The van der Waals surface area contributed by atoms with E-state index in [1.54, 1.807) is 12.3 Å². The second-order valence-electron chi connectivity index (χ2n) is 11.9. The van der Waals surface area contributed by atoms with Crippen LogP contribution in [0.1, 0.15) is 148 Å². The van der Waals surface area contributed by atoms with Gasteiger partial charge in [-0.25, -0.2) is 4.79 Å². The Kier molecular flexibility index (Phi) is 20.4. The minimum Gasteiger partial charge on any atom is -0.383 e. The number of ether oxygens (including phenoxy) is 1. The lowest BCUT2D eigenvalue weighted by Crippen LogP contribution is -2.35. The second-order valence-corrected chi connectivity index (χ2v) is 13.9. The average Bonchev–Trinajstić information content (AvgIpc) is 2.96. The third kappa shape index (κ3) is 18.1. The monoisotopic (exact) mass is 597 g/mol. The molecule has 0 radical (unpaired) electrons. The molecule has 238 valence electrons. The van der Waals surface area contributed by atoms with Crippen LogP contribution >= 0.6 is 7.60 Å². The Bertz CT molecular complexity index is 869. The van der Waals surface area contributed by atoms with E-state index in [1.165, 1.54) is 133 Å². The standard InChI is InChI=1S/C32H60N3O5P/c1-2-3-4-5-6-7-8-9-10-11-12-13-14-15-16-17-18-19-20-21-22-23-26-39-41(37)29-38-30(28-40-41)27-35-25-24-31(33)34-32(35)36/h24-25,30H,2-23,26-29H2,1H3,(H2,33,34,36)/t30-,41?/m0/s1. The molecule has 1 aliphatic rings. The maximum absolute atomic E-state index is 12.7.